The van der Waals surface area contributed by atoms with E-state index in [4.69, 9.17) is 20.9 Å². The Hall–Kier alpha value is -6.98. The number of aryl methyl sites for hydroxylation is 1. The first-order valence-corrected chi connectivity index (χ1v) is 22.5. The molecular formula is C47H66N12O6. The first-order valence-electron chi connectivity index (χ1n) is 22.5. The Bertz CT molecular complexity index is 2130. The van der Waals surface area contributed by atoms with E-state index in [1.807, 2.05) is 24.3 Å². The molecule has 2 unspecified atom stereocenters. The van der Waals surface area contributed by atoms with Crippen LogP contribution in [0.4, 0.5) is 40.0 Å². The van der Waals surface area contributed by atoms with Gasteiger partial charge in [-0.1, -0.05) is 90.5 Å². The summed E-state index contributed by atoms with van der Waals surface area (Å²) < 4.78 is 11.0. The van der Waals surface area contributed by atoms with Crippen molar-refractivity contribution in [2.75, 3.05) is 47.6 Å². The van der Waals surface area contributed by atoms with Crippen molar-refractivity contribution in [1.82, 2.24) is 30.2 Å². The minimum absolute atomic E-state index is 0.0180. The molecule has 65 heavy (non-hydrogen) atoms. The molecule has 4 aromatic rings. The van der Waals surface area contributed by atoms with Crippen molar-refractivity contribution in [3.05, 3.63) is 93.2 Å². The van der Waals surface area contributed by atoms with Crippen molar-refractivity contribution in [3.8, 4) is 0 Å². The highest BCUT2D eigenvalue weighted by molar-refractivity contribution is 5.93. The smallest absolute Gasteiger partial charge is 0.354 e. The zero-order valence-electron chi connectivity index (χ0n) is 38.3. The van der Waals surface area contributed by atoms with Gasteiger partial charge in [-0.05, 0) is 92.0 Å². The Morgan fingerprint density at radius 2 is 1.15 bits per heavy atom. The first-order chi connectivity index (χ1) is 31.4. The topological polar surface area (TPSA) is 266 Å². The molecule has 10 N–H and O–H groups in total. The largest absolute Gasteiger partial charge is 0.461 e. The molecule has 0 saturated heterocycles. The van der Waals surface area contributed by atoms with E-state index >= 15 is 0 Å². The first kappa shape index (κ1) is 50.7. The third-order valence-corrected chi connectivity index (χ3v) is 10.4. The molecular weight excluding hydrogens is 829 g/mol. The van der Waals surface area contributed by atoms with E-state index < -0.39 is 23.5 Å². The maximum absolute atomic E-state index is 12.6. The van der Waals surface area contributed by atoms with Crippen molar-refractivity contribution >= 4 is 65.3 Å². The highest BCUT2D eigenvalue weighted by atomic mass is 16.5. The number of unbranched alkanes of at least 4 members (excludes halogenated alkanes) is 3. The monoisotopic (exact) mass is 895 g/mol. The number of nitrogens with one attached hydrogen (secondary N) is 6. The zero-order valence-corrected chi connectivity index (χ0v) is 38.3. The summed E-state index contributed by atoms with van der Waals surface area (Å²) in [5.74, 6) is 0.387. The van der Waals surface area contributed by atoms with Crippen LogP contribution in [-0.2, 0) is 19.1 Å². The van der Waals surface area contributed by atoms with E-state index in [1.165, 1.54) is 6.07 Å². The number of benzene rings is 2. The lowest BCUT2D eigenvalue weighted by Crippen LogP contribution is -2.31. The average molecular weight is 895 g/mol. The van der Waals surface area contributed by atoms with E-state index in [2.05, 4.69) is 79.2 Å². The van der Waals surface area contributed by atoms with Gasteiger partial charge >= 0.3 is 18.0 Å². The Kier molecular flexibility index (Phi) is 21.2. The van der Waals surface area contributed by atoms with Crippen molar-refractivity contribution in [3.63, 3.8) is 0 Å². The molecule has 18 nitrogen and oxygen atoms in total. The molecule has 2 aromatic heterocycles. The minimum Gasteiger partial charge on any atom is -0.461 e. The molecule has 2 heterocycles. The summed E-state index contributed by atoms with van der Waals surface area (Å²) in [6.07, 6.45) is 12.7. The number of urea groups is 1. The highest BCUT2D eigenvalue weighted by Crippen LogP contribution is 2.22. The van der Waals surface area contributed by atoms with E-state index in [-0.39, 0.29) is 29.2 Å². The molecule has 0 radical (unpaired) electrons. The summed E-state index contributed by atoms with van der Waals surface area (Å²) in [5.41, 5.74) is 15.1. The Labute approximate surface area is 381 Å². The van der Waals surface area contributed by atoms with Crippen LogP contribution in [0.25, 0.3) is 12.2 Å². The molecule has 0 aliphatic rings. The quantitative estimate of drug-likeness (QED) is 0.0161. The number of amides is 2. The van der Waals surface area contributed by atoms with Gasteiger partial charge in [0.15, 0.2) is 0 Å². The molecule has 2 atom stereocenters. The molecule has 4 rings (SSSR count). The maximum atomic E-state index is 12.6. The van der Waals surface area contributed by atoms with Crippen LogP contribution in [-0.4, -0.2) is 69.2 Å². The van der Waals surface area contributed by atoms with Gasteiger partial charge in [-0.3, -0.25) is 10.1 Å². The number of nitrogens with two attached hydrogens (primary N) is 2. The predicted octanol–water partition coefficient (Wildman–Crippen LogP) is 7.88. The summed E-state index contributed by atoms with van der Waals surface area (Å²) in [4.78, 5) is 69.5. The maximum Gasteiger partial charge on any atom is 0.354 e. The highest BCUT2D eigenvalue weighted by Gasteiger charge is 2.15. The molecule has 0 saturated carbocycles. The number of esters is 2. The number of ether oxygens (including phenoxy) is 2. The van der Waals surface area contributed by atoms with E-state index in [0.717, 1.165) is 51.4 Å². The second kappa shape index (κ2) is 27.3. The van der Waals surface area contributed by atoms with Gasteiger partial charge in [-0.2, -0.15) is 19.9 Å². The average Bonchev–Trinajstić information content (AvgIpc) is 3.28. The standard InChI is InChI=1S/C47H66N12O6/c1-6-10-14-32(8-3)29-64-41(61)38(48)27-34-16-20-36(21-17-34)53-45-56-43(50-24-12-13-25-51-47(63)59-44-52-31(5)26-40(60)55-44)57-46(58-45)54-37-22-18-35(19-23-37)28-39(49)42(62)65-30-33(9-4)15-11-7-2/h16-23,26-28,32-33H,6-15,24-25,29-30,48-49H2,1-5H3,(H3,50,53,54,56,57,58)(H3,51,52,55,59,60,63)/b38-27-,39-28-. The second-order valence-corrected chi connectivity index (χ2v) is 15.8. The number of anilines is 6. The fourth-order valence-electron chi connectivity index (χ4n) is 6.42. The van der Waals surface area contributed by atoms with Crippen LogP contribution < -0.4 is 43.6 Å². The third-order valence-electron chi connectivity index (χ3n) is 10.4. The van der Waals surface area contributed by atoms with Crippen LogP contribution in [0.1, 0.15) is 109 Å². The molecule has 0 aliphatic carbocycles. The summed E-state index contributed by atoms with van der Waals surface area (Å²) >= 11 is 0. The van der Waals surface area contributed by atoms with Crippen LogP contribution in [0, 0.1) is 18.8 Å². The van der Waals surface area contributed by atoms with Crippen LogP contribution in [0.5, 0.6) is 0 Å². The van der Waals surface area contributed by atoms with Gasteiger partial charge in [0.2, 0.25) is 23.8 Å². The minimum atomic E-state index is -0.544. The van der Waals surface area contributed by atoms with Crippen molar-refractivity contribution in [2.45, 2.75) is 98.8 Å². The number of aromatic nitrogens is 5. The van der Waals surface area contributed by atoms with Crippen LogP contribution in [0.3, 0.4) is 0 Å². The van der Waals surface area contributed by atoms with Gasteiger partial charge in [-0.15, -0.1) is 0 Å². The summed E-state index contributed by atoms with van der Waals surface area (Å²) in [5, 5.41) is 14.9. The SMILES string of the molecule is CCCCC(CC)COC(=O)/C(N)=C/c1ccc(Nc2nc(NCCCCNC(=O)Nc3nc(=O)cc(C)[nH]3)nc(Nc3ccc(/C=C(\N)C(=O)OCC(CC)CCCC)cc3)n2)cc1. The lowest BCUT2D eigenvalue weighted by molar-refractivity contribution is -0.141. The molecule has 0 aliphatic heterocycles. The van der Waals surface area contributed by atoms with Gasteiger partial charge in [0, 0.05) is 36.2 Å². The summed E-state index contributed by atoms with van der Waals surface area (Å²) in [7, 11) is 0. The number of carbonyl (C=O) groups excluding carboxylic acids is 3. The van der Waals surface area contributed by atoms with Crippen molar-refractivity contribution in [1.29, 1.82) is 0 Å². The summed E-state index contributed by atoms with van der Waals surface area (Å²) in [6, 6.07) is 15.3. The van der Waals surface area contributed by atoms with Gasteiger partial charge in [0.05, 0.1) is 13.2 Å². The van der Waals surface area contributed by atoms with Crippen LogP contribution in [0.15, 0.2) is 70.8 Å². The normalized spacial score (nSPS) is 12.4. The van der Waals surface area contributed by atoms with Gasteiger partial charge in [0.1, 0.15) is 11.4 Å². The molecule has 0 fully saturated rings. The van der Waals surface area contributed by atoms with E-state index in [9.17, 15) is 19.2 Å². The molecule has 2 aromatic carbocycles. The number of carbonyl (C=O) groups is 3. The molecule has 0 spiro atoms. The number of nitrogens with zero attached hydrogens (tertiary/aromatic N) is 4. The van der Waals surface area contributed by atoms with E-state index in [0.29, 0.717) is 85.1 Å². The number of H-pyrrole nitrogens is 1. The Morgan fingerprint density at radius 1 is 0.677 bits per heavy atom. The number of aromatic amines is 1. The molecule has 18 heteroatoms. The lowest BCUT2D eigenvalue weighted by atomic mass is 10.0. The fraction of sp³-hybridized carbons (Fsp3) is 0.447. The Balaban J connectivity index is 1.41. The Morgan fingerprint density at radius 3 is 1.62 bits per heavy atom. The van der Waals surface area contributed by atoms with Crippen molar-refractivity contribution in [2.24, 2.45) is 23.3 Å². The van der Waals surface area contributed by atoms with Gasteiger partial charge < -0.3 is 47.2 Å². The van der Waals surface area contributed by atoms with Crippen molar-refractivity contribution < 1.29 is 23.9 Å². The summed E-state index contributed by atoms with van der Waals surface area (Å²) in [6.45, 7) is 11.7. The number of hydrogen-bond acceptors (Lipinski definition) is 15. The van der Waals surface area contributed by atoms with Crippen LogP contribution in [0.2, 0.25) is 0 Å². The van der Waals surface area contributed by atoms with Gasteiger partial charge in [-0.25, -0.2) is 14.4 Å². The fourth-order valence-corrected chi connectivity index (χ4v) is 6.42. The number of rotatable bonds is 27. The second-order valence-electron chi connectivity index (χ2n) is 15.8. The van der Waals surface area contributed by atoms with Gasteiger partial charge in [0.25, 0.3) is 5.56 Å². The molecule has 2 amide bonds. The zero-order chi connectivity index (χ0) is 47.0. The third kappa shape index (κ3) is 18.7. The molecule has 0 bridgehead atoms. The predicted molar refractivity (Wildman–Crippen MR) is 256 cm³/mol. The van der Waals surface area contributed by atoms with E-state index in [1.54, 1.807) is 43.3 Å². The van der Waals surface area contributed by atoms with Crippen LogP contribution >= 0.6 is 0 Å². The number of hydrogen-bond donors (Lipinski definition) is 8. The molecule has 350 valence electrons. The lowest BCUT2D eigenvalue weighted by Gasteiger charge is -2.14.